The van der Waals surface area contributed by atoms with E-state index in [1.165, 1.54) is 37.5 Å². The van der Waals surface area contributed by atoms with Gasteiger partial charge in [-0.05, 0) is 80.3 Å². The van der Waals surface area contributed by atoms with Crippen LogP contribution in [0, 0.1) is 28.6 Å². The van der Waals surface area contributed by atoms with Crippen LogP contribution in [0.5, 0.6) is 0 Å². The predicted molar refractivity (Wildman–Crippen MR) is 118 cm³/mol. The van der Waals surface area contributed by atoms with Gasteiger partial charge in [0, 0.05) is 17.7 Å². The second-order valence-electron chi connectivity index (χ2n) is 11.5. The molecule has 1 unspecified atom stereocenters. The van der Waals surface area contributed by atoms with E-state index in [0.29, 0.717) is 23.7 Å². The molecule has 1 aromatic rings. The molecule has 0 spiro atoms. The largest absolute Gasteiger partial charge is 0.416 e. The fourth-order valence-electron chi connectivity index (χ4n) is 8.46. The van der Waals surface area contributed by atoms with Crippen LogP contribution >= 0.6 is 0 Å². The van der Waals surface area contributed by atoms with E-state index in [9.17, 15) is 18.0 Å². The molecular weight excluding hydrogens is 413 g/mol. The number of pyridine rings is 1. The Morgan fingerprint density at radius 3 is 2.59 bits per heavy atom. The maximum absolute atomic E-state index is 13.5. The molecule has 5 rings (SSSR count). The number of quaternary nitrogens is 1. The second kappa shape index (κ2) is 6.91. The number of amides is 1. The van der Waals surface area contributed by atoms with Crippen molar-refractivity contribution < 1.29 is 18.0 Å². The highest BCUT2D eigenvalue weighted by atomic mass is 19.4. The quantitative estimate of drug-likeness (QED) is 0.440. The van der Waals surface area contributed by atoms with Gasteiger partial charge in [0.2, 0.25) is 5.82 Å². The van der Waals surface area contributed by atoms with Crippen molar-refractivity contribution in [2.24, 2.45) is 28.6 Å². The average molecular weight is 448 g/mol. The van der Waals surface area contributed by atoms with E-state index >= 15 is 0 Å². The fourth-order valence-corrected chi connectivity index (χ4v) is 8.46. The Labute approximate surface area is 188 Å². The summed E-state index contributed by atoms with van der Waals surface area (Å²) in [4.78, 5) is 17.8. The highest BCUT2D eigenvalue weighted by Gasteiger charge is 2.63. The van der Waals surface area contributed by atoms with E-state index in [1.54, 1.807) is 7.05 Å². The Kier molecular flexibility index (Phi) is 4.78. The number of allylic oxidation sites excluding steroid dienone is 2. The number of hydrogen-bond donors (Lipinski definition) is 0. The third kappa shape index (κ3) is 2.90. The summed E-state index contributed by atoms with van der Waals surface area (Å²) in [5.41, 5.74) is 1.71. The first-order valence-corrected chi connectivity index (χ1v) is 12.1. The maximum Gasteiger partial charge on any atom is 0.416 e. The van der Waals surface area contributed by atoms with E-state index in [-0.39, 0.29) is 21.6 Å². The first-order valence-electron chi connectivity index (χ1n) is 12.1. The molecule has 1 aliphatic heterocycles. The van der Waals surface area contributed by atoms with E-state index in [0.717, 1.165) is 43.0 Å². The normalized spacial score (nSPS) is 41.8. The number of nitrogens with zero attached hydrogens (tertiary/aromatic N) is 2. The molecule has 6 heteroatoms. The van der Waals surface area contributed by atoms with Crippen LogP contribution in [0.25, 0.3) is 0 Å². The molecule has 174 valence electrons. The summed E-state index contributed by atoms with van der Waals surface area (Å²) in [6.07, 6.45) is 5.14. The van der Waals surface area contributed by atoms with Gasteiger partial charge in [0.25, 0.3) is 0 Å². The number of halogens is 3. The van der Waals surface area contributed by atoms with Gasteiger partial charge in [-0.15, -0.1) is 0 Å². The van der Waals surface area contributed by atoms with Gasteiger partial charge in [0.15, 0.2) is 0 Å². The summed E-state index contributed by atoms with van der Waals surface area (Å²) in [6.45, 7) is 6.87. The third-order valence-corrected chi connectivity index (χ3v) is 9.86. The van der Waals surface area contributed by atoms with E-state index in [4.69, 9.17) is 0 Å². The molecule has 1 aromatic heterocycles. The van der Waals surface area contributed by atoms with Crippen molar-refractivity contribution >= 4 is 11.7 Å². The second-order valence-corrected chi connectivity index (χ2v) is 11.5. The molecule has 3 nitrogen and oxygen atoms in total. The summed E-state index contributed by atoms with van der Waals surface area (Å²) in [7, 11) is 1.78. The van der Waals surface area contributed by atoms with Crippen molar-refractivity contribution in [1.29, 1.82) is 0 Å². The fraction of sp³-hybridized carbons (Fsp3) is 0.692. The highest BCUT2D eigenvalue weighted by Crippen LogP contribution is 2.66. The number of carbonyl (C=O) groups excluding carboxylic acids is 1. The van der Waals surface area contributed by atoms with Crippen molar-refractivity contribution in [3.8, 4) is 0 Å². The molecule has 4 aliphatic rings. The van der Waals surface area contributed by atoms with Gasteiger partial charge in [-0.25, -0.2) is 9.78 Å². The number of fused-ring (bicyclic) bond motifs is 5. The standard InChI is InChI=1S/C26H34F3N2O/c1-16-14-18-19-6-5-10-24(19,2)11-7-20(18)25(3)12-8-22(32)31(4,23(16)25)21-15-17(9-13-30-21)26(27,28)29/h9,13,15,18-20H,5-8,10-12,14H2,1-4H3/q+1/t18-,19-,20-,24-,25+,31?/m0/s1. The molecule has 0 N–H and O–H groups in total. The number of piperidine rings is 1. The minimum atomic E-state index is -4.46. The van der Waals surface area contributed by atoms with Crippen LogP contribution in [0.4, 0.5) is 19.0 Å². The number of likely N-dealkylation sites (tertiary alicyclic amines) is 1. The van der Waals surface area contributed by atoms with Crippen molar-refractivity contribution in [2.45, 2.75) is 78.3 Å². The molecule has 2 saturated carbocycles. The molecule has 1 amide bonds. The Bertz CT molecular complexity index is 1000. The SMILES string of the molecule is CC1=C2[C@](C)(CCC(=O)[N+]2(C)c2cc(C(F)(F)F)ccn2)[C@H]2CC[C@]3(C)CCC[C@H]3[C@@H]2C1. The summed E-state index contributed by atoms with van der Waals surface area (Å²) < 4.78 is 40.3. The van der Waals surface area contributed by atoms with Gasteiger partial charge in [0.1, 0.15) is 5.70 Å². The number of carbonyl (C=O) groups is 1. The Morgan fingerprint density at radius 2 is 1.88 bits per heavy atom. The summed E-state index contributed by atoms with van der Waals surface area (Å²) in [6, 6.07) is 2.08. The summed E-state index contributed by atoms with van der Waals surface area (Å²) in [5.74, 6) is 1.96. The van der Waals surface area contributed by atoms with Crippen molar-refractivity contribution in [3.63, 3.8) is 0 Å². The maximum atomic E-state index is 13.5. The zero-order valence-electron chi connectivity index (χ0n) is 19.6. The predicted octanol–water partition coefficient (Wildman–Crippen LogP) is 6.87. The third-order valence-electron chi connectivity index (χ3n) is 9.86. The van der Waals surface area contributed by atoms with Crippen LogP contribution in [0.1, 0.15) is 77.7 Å². The lowest BCUT2D eigenvalue weighted by molar-refractivity contribution is -0.139. The topological polar surface area (TPSA) is 30.0 Å². The molecule has 3 aliphatic carbocycles. The average Bonchev–Trinajstić information content (AvgIpc) is 3.12. The molecular formula is C26H34F3N2O+. The summed E-state index contributed by atoms with van der Waals surface area (Å²) in [5, 5.41) is 0. The molecule has 1 saturated heterocycles. The Hall–Kier alpha value is -1.69. The van der Waals surface area contributed by atoms with Crippen molar-refractivity contribution in [3.05, 3.63) is 35.2 Å². The van der Waals surface area contributed by atoms with Crippen LogP contribution in [0.2, 0.25) is 0 Å². The molecule has 3 fully saturated rings. The minimum Gasteiger partial charge on any atom is -0.230 e. The minimum absolute atomic E-state index is 0.0522. The Morgan fingerprint density at radius 1 is 1.12 bits per heavy atom. The first-order chi connectivity index (χ1) is 14.9. The van der Waals surface area contributed by atoms with Crippen LogP contribution in [-0.4, -0.2) is 17.9 Å². The number of alkyl halides is 3. The van der Waals surface area contributed by atoms with E-state index in [1.807, 2.05) is 0 Å². The number of aromatic nitrogens is 1. The van der Waals surface area contributed by atoms with Gasteiger partial charge < -0.3 is 0 Å². The smallest absolute Gasteiger partial charge is 0.230 e. The number of rotatable bonds is 1. The monoisotopic (exact) mass is 447 g/mol. The van der Waals surface area contributed by atoms with Crippen LogP contribution in [0.15, 0.2) is 29.6 Å². The zero-order valence-corrected chi connectivity index (χ0v) is 19.6. The van der Waals surface area contributed by atoms with Gasteiger partial charge >= 0.3 is 12.1 Å². The molecule has 6 atom stereocenters. The van der Waals surface area contributed by atoms with Gasteiger partial charge in [-0.1, -0.05) is 20.3 Å². The van der Waals surface area contributed by atoms with Gasteiger partial charge in [-0.2, -0.15) is 17.7 Å². The van der Waals surface area contributed by atoms with Crippen molar-refractivity contribution in [2.75, 3.05) is 7.05 Å². The van der Waals surface area contributed by atoms with E-state index < -0.39 is 11.7 Å². The molecule has 32 heavy (non-hydrogen) atoms. The summed E-state index contributed by atoms with van der Waals surface area (Å²) >= 11 is 0. The molecule has 2 heterocycles. The number of hydrogen-bond acceptors (Lipinski definition) is 2. The van der Waals surface area contributed by atoms with Gasteiger partial charge in [-0.3, -0.25) is 0 Å². The zero-order chi connectivity index (χ0) is 23.1. The van der Waals surface area contributed by atoms with Crippen LogP contribution < -0.4 is 4.48 Å². The van der Waals surface area contributed by atoms with Crippen LogP contribution in [0.3, 0.4) is 0 Å². The highest BCUT2D eigenvalue weighted by molar-refractivity contribution is 5.92. The molecule has 0 aromatic carbocycles. The molecule has 0 radical (unpaired) electrons. The van der Waals surface area contributed by atoms with Gasteiger partial charge in [0.05, 0.1) is 19.0 Å². The lowest BCUT2D eigenvalue weighted by Gasteiger charge is -2.59. The van der Waals surface area contributed by atoms with Crippen molar-refractivity contribution in [1.82, 2.24) is 9.47 Å². The van der Waals surface area contributed by atoms with Crippen LogP contribution in [-0.2, 0) is 11.0 Å². The first kappa shape index (κ1) is 22.1. The van der Waals surface area contributed by atoms with E-state index in [2.05, 4.69) is 25.8 Å². The lowest BCUT2D eigenvalue weighted by Crippen LogP contribution is -2.63. The Balaban J connectivity index is 1.65. The lowest BCUT2D eigenvalue weighted by atomic mass is 9.48. The molecule has 0 bridgehead atoms.